The van der Waals surface area contributed by atoms with Gasteiger partial charge in [0, 0.05) is 5.56 Å². The summed E-state index contributed by atoms with van der Waals surface area (Å²) in [5, 5.41) is 11.1. The molecule has 1 heterocycles. The van der Waals surface area contributed by atoms with Gasteiger partial charge in [0.2, 0.25) is 5.90 Å². The third-order valence-electron chi connectivity index (χ3n) is 6.52. The first-order valence-electron chi connectivity index (χ1n) is 11.3. The Hall–Kier alpha value is -2.98. The molecule has 2 aliphatic rings. The Bertz CT molecular complexity index is 1170. The number of fused-ring (bicyclic) bond motifs is 1. The summed E-state index contributed by atoms with van der Waals surface area (Å²) >= 11 is 0. The molecule has 3 nitrogen and oxygen atoms in total. The lowest BCUT2D eigenvalue weighted by Crippen LogP contribution is -2.22. The molecule has 1 aliphatic heterocycles. The molecular weight excluding hydrogens is 401 g/mol. The molecule has 0 aromatic heterocycles. The van der Waals surface area contributed by atoms with Gasteiger partial charge in [0.05, 0.1) is 11.6 Å². The van der Waals surface area contributed by atoms with Crippen molar-refractivity contribution in [2.45, 2.75) is 44.8 Å². The number of benzene rings is 3. The van der Waals surface area contributed by atoms with Crippen molar-refractivity contribution in [1.82, 2.24) is 0 Å². The van der Waals surface area contributed by atoms with Crippen LogP contribution < -0.4 is 0 Å². The number of ether oxygens (including phenoxy) is 1. The van der Waals surface area contributed by atoms with E-state index in [1.807, 2.05) is 44.2 Å². The predicted molar refractivity (Wildman–Crippen MR) is 125 cm³/mol. The Kier molecular flexibility index (Phi) is 5.34. The number of hydrogen-bond acceptors (Lipinski definition) is 3. The number of aliphatic imine (C=N–C) groups is 1. The Labute approximate surface area is 188 Å². The number of rotatable bonds is 4. The fraction of sp³-hybridized carbons (Fsp3) is 0.321. The van der Waals surface area contributed by atoms with Crippen LogP contribution in [0.4, 0.5) is 4.39 Å². The van der Waals surface area contributed by atoms with Gasteiger partial charge in [0.1, 0.15) is 12.4 Å². The monoisotopic (exact) mass is 429 g/mol. The van der Waals surface area contributed by atoms with Gasteiger partial charge in [-0.1, -0.05) is 48.5 Å². The van der Waals surface area contributed by atoms with E-state index >= 15 is 0 Å². The van der Waals surface area contributed by atoms with E-state index in [-0.39, 0.29) is 17.3 Å². The van der Waals surface area contributed by atoms with Crippen molar-refractivity contribution in [1.29, 1.82) is 0 Å². The van der Waals surface area contributed by atoms with Gasteiger partial charge in [0.15, 0.2) is 0 Å². The smallest absolute Gasteiger partial charge is 0.217 e. The lowest BCUT2D eigenvalue weighted by Gasteiger charge is -2.30. The van der Waals surface area contributed by atoms with Crippen LogP contribution in [0.15, 0.2) is 71.7 Å². The van der Waals surface area contributed by atoms with Crippen LogP contribution in [0.25, 0.3) is 11.1 Å². The van der Waals surface area contributed by atoms with Gasteiger partial charge in [0.25, 0.3) is 0 Å². The molecule has 3 aromatic carbocycles. The number of halogens is 1. The average molecular weight is 430 g/mol. The maximum Gasteiger partial charge on any atom is 0.217 e. The third kappa shape index (κ3) is 4.07. The fourth-order valence-corrected chi connectivity index (χ4v) is 4.83. The molecule has 0 saturated carbocycles. The lowest BCUT2D eigenvalue weighted by atomic mass is 9.77. The maximum atomic E-state index is 14.2. The SMILES string of the molecule is CC1(C)COC(c2ccc(F)cc2-c2ccc3c(c2)CCC(Cc2ccccc2)C3O)=N1. The summed E-state index contributed by atoms with van der Waals surface area (Å²) in [6.45, 7) is 4.56. The van der Waals surface area contributed by atoms with E-state index in [4.69, 9.17) is 4.74 Å². The second-order valence-electron chi connectivity index (χ2n) is 9.55. The first-order chi connectivity index (χ1) is 15.4. The molecule has 32 heavy (non-hydrogen) atoms. The van der Waals surface area contributed by atoms with Crippen LogP contribution in [-0.2, 0) is 17.6 Å². The molecule has 0 bridgehead atoms. The number of hydrogen-bond donors (Lipinski definition) is 1. The van der Waals surface area contributed by atoms with Gasteiger partial charge in [-0.25, -0.2) is 9.38 Å². The molecule has 5 rings (SSSR count). The third-order valence-corrected chi connectivity index (χ3v) is 6.52. The van der Waals surface area contributed by atoms with E-state index in [1.54, 1.807) is 12.1 Å². The highest BCUT2D eigenvalue weighted by atomic mass is 19.1. The molecular formula is C28H28FNO2. The summed E-state index contributed by atoms with van der Waals surface area (Å²) in [6.07, 6.45) is 2.19. The largest absolute Gasteiger partial charge is 0.475 e. The van der Waals surface area contributed by atoms with Crippen molar-refractivity contribution in [3.8, 4) is 11.1 Å². The van der Waals surface area contributed by atoms with Crippen molar-refractivity contribution in [3.63, 3.8) is 0 Å². The number of aliphatic hydroxyl groups is 1. The van der Waals surface area contributed by atoms with E-state index in [1.165, 1.54) is 11.6 Å². The first kappa shape index (κ1) is 20.9. The molecule has 4 heteroatoms. The van der Waals surface area contributed by atoms with Crippen molar-refractivity contribution < 1.29 is 14.2 Å². The van der Waals surface area contributed by atoms with Gasteiger partial charge in [-0.05, 0) is 85.0 Å². The summed E-state index contributed by atoms with van der Waals surface area (Å²) in [7, 11) is 0. The van der Waals surface area contributed by atoms with Crippen LogP contribution in [0, 0.1) is 11.7 Å². The Morgan fingerprint density at radius 2 is 1.84 bits per heavy atom. The lowest BCUT2D eigenvalue weighted by molar-refractivity contribution is 0.0937. The highest BCUT2D eigenvalue weighted by Crippen LogP contribution is 2.39. The molecule has 2 atom stereocenters. The standard InChI is InChI=1S/C28H28FNO2/c1-28(2)17-32-27(30-28)24-13-11-22(29)16-25(24)20-10-12-23-19(15-20)8-9-21(26(23)31)14-18-6-4-3-5-7-18/h3-7,10-13,15-16,21,26,31H,8-9,14,17H2,1-2H3. The second-order valence-corrected chi connectivity index (χ2v) is 9.55. The molecule has 0 saturated heterocycles. The van der Waals surface area contributed by atoms with Crippen LogP contribution in [0.5, 0.6) is 0 Å². The zero-order chi connectivity index (χ0) is 22.3. The predicted octanol–water partition coefficient (Wildman–Crippen LogP) is 5.89. The number of nitrogens with zero attached hydrogens (tertiary/aromatic N) is 1. The summed E-state index contributed by atoms with van der Waals surface area (Å²) in [5.74, 6) is 0.469. The Balaban J connectivity index is 1.46. The van der Waals surface area contributed by atoms with Crippen molar-refractivity contribution in [3.05, 3.63) is 94.8 Å². The van der Waals surface area contributed by atoms with Crippen LogP contribution in [0.3, 0.4) is 0 Å². The zero-order valence-electron chi connectivity index (χ0n) is 18.5. The summed E-state index contributed by atoms with van der Waals surface area (Å²) < 4.78 is 20.1. The maximum absolute atomic E-state index is 14.2. The van der Waals surface area contributed by atoms with E-state index in [0.717, 1.165) is 47.1 Å². The minimum Gasteiger partial charge on any atom is -0.475 e. The second kappa shape index (κ2) is 8.18. The van der Waals surface area contributed by atoms with Gasteiger partial charge in [-0.2, -0.15) is 0 Å². The van der Waals surface area contributed by atoms with E-state index in [9.17, 15) is 9.50 Å². The molecule has 0 spiro atoms. The van der Waals surface area contributed by atoms with Crippen molar-refractivity contribution in [2.24, 2.45) is 10.9 Å². The first-order valence-corrected chi connectivity index (χ1v) is 11.3. The Morgan fingerprint density at radius 1 is 1.03 bits per heavy atom. The van der Waals surface area contributed by atoms with E-state index in [2.05, 4.69) is 23.2 Å². The molecule has 1 aliphatic carbocycles. The van der Waals surface area contributed by atoms with Crippen LogP contribution in [0.1, 0.15) is 48.6 Å². The molecule has 2 unspecified atom stereocenters. The minimum absolute atomic E-state index is 0.198. The number of aryl methyl sites for hydroxylation is 1. The molecule has 1 N–H and O–H groups in total. The minimum atomic E-state index is -0.497. The van der Waals surface area contributed by atoms with E-state index < -0.39 is 6.10 Å². The van der Waals surface area contributed by atoms with Crippen LogP contribution in [-0.4, -0.2) is 23.2 Å². The summed E-state index contributed by atoms with van der Waals surface area (Å²) in [5.41, 5.74) is 5.57. The van der Waals surface area contributed by atoms with Crippen LogP contribution in [0.2, 0.25) is 0 Å². The molecule has 0 fully saturated rings. The molecule has 0 radical (unpaired) electrons. The topological polar surface area (TPSA) is 41.8 Å². The van der Waals surface area contributed by atoms with Gasteiger partial charge in [-0.3, -0.25) is 0 Å². The summed E-state index contributed by atoms with van der Waals surface area (Å²) in [4.78, 5) is 4.69. The average Bonchev–Trinajstić information content (AvgIpc) is 3.15. The van der Waals surface area contributed by atoms with E-state index in [0.29, 0.717) is 12.5 Å². The Morgan fingerprint density at radius 3 is 2.59 bits per heavy atom. The normalized spacial score (nSPS) is 21.6. The summed E-state index contributed by atoms with van der Waals surface area (Å²) in [6, 6.07) is 21.2. The quantitative estimate of drug-likeness (QED) is 0.562. The molecule has 3 aromatic rings. The fourth-order valence-electron chi connectivity index (χ4n) is 4.83. The molecule has 0 amide bonds. The molecule has 164 valence electrons. The zero-order valence-corrected chi connectivity index (χ0v) is 18.5. The van der Waals surface area contributed by atoms with Crippen LogP contribution >= 0.6 is 0 Å². The van der Waals surface area contributed by atoms with Gasteiger partial charge in [-0.15, -0.1) is 0 Å². The van der Waals surface area contributed by atoms with Gasteiger partial charge >= 0.3 is 0 Å². The van der Waals surface area contributed by atoms with Crippen molar-refractivity contribution in [2.75, 3.05) is 6.61 Å². The highest BCUT2D eigenvalue weighted by molar-refractivity contribution is 6.01. The van der Waals surface area contributed by atoms with Gasteiger partial charge < -0.3 is 9.84 Å². The van der Waals surface area contributed by atoms with Crippen molar-refractivity contribution >= 4 is 5.90 Å². The number of aliphatic hydroxyl groups excluding tert-OH is 1. The highest BCUT2D eigenvalue weighted by Gasteiger charge is 2.30.